The highest BCUT2D eigenvalue weighted by molar-refractivity contribution is 5.96. The molecule has 0 unspecified atom stereocenters. The maximum atomic E-state index is 11.5. The van der Waals surface area contributed by atoms with Gasteiger partial charge >= 0.3 is 0 Å². The Bertz CT molecular complexity index is 338. The van der Waals surface area contributed by atoms with Crippen molar-refractivity contribution < 1.29 is 4.79 Å². The van der Waals surface area contributed by atoms with Gasteiger partial charge in [0, 0.05) is 6.20 Å². The highest BCUT2D eigenvalue weighted by Crippen LogP contribution is 2.08. The number of pyridine rings is 1. The summed E-state index contributed by atoms with van der Waals surface area (Å²) in [5, 5.41) is 2.66. The predicted molar refractivity (Wildman–Crippen MR) is 60.5 cm³/mol. The van der Waals surface area contributed by atoms with Crippen molar-refractivity contribution in [2.24, 2.45) is 5.73 Å². The summed E-state index contributed by atoms with van der Waals surface area (Å²) < 4.78 is 0. The number of nitrogens with one attached hydrogen (secondary N) is 1. The Balaban J connectivity index is 2.70. The summed E-state index contributed by atoms with van der Waals surface area (Å²) in [7, 11) is 0. The second-order valence-electron chi connectivity index (χ2n) is 4.08. The van der Waals surface area contributed by atoms with E-state index in [1.165, 1.54) is 0 Å². The van der Waals surface area contributed by atoms with Gasteiger partial charge in [-0.25, -0.2) is 4.98 Å². The van der Waals surface area contributed by atoms with Crippen molar-refractivity contribution in [2.45, 2.75) is 32.7 Å². The molecule has 1 aromatic heterocycles. The number of amides is 1. The minimum Gasteiger partial charge on any atom is -0.318 e. The minimum absolute atomic E-state index is 0.237. The summed E-state index contributed by atoms with van der Waals surface area (Å²) in [5.74, 6) is 0.301. The van der Waals surface area contributed by atoms with Gasteiger partial charge in [-0.15, -0.1) is 0 Å². The van der Waals surface area contributed by atoms with Crippen molar-refractivity contribution in [3.63, 3.8) is 0 Å². The van der Waals surface area contributed by atoms with E-state index in [0.29, 0.717) is 5.82 Å². The fourth-order valence-electron chi connectivity index (χ4n) is 0.985. The number of rotatable bonds is 3. The maximum absolute atomic E-state index is 11.5. The van der Waals surface area contributed by atoms with Gasteiger partial charge < -0.3 is 11.1 Å². The van der Waals surface area contributed by atoms with E-state index in [0.717, 1.165) is 12.0 Å². The molecule has 0 radical (unpaired) electrons. The lowest BCUT2D eigenvalue weighted by molar-refractivity contribution is -0.120. The van der Waals surface area contributed by atoms with E-state index in [1.54, 1.807) is 26.1 Å². The van der Waals surface area contributed by atoms with E-state index in [4.69, 9.17) is 5.73 Å². The molecule has 1 aromatic rings. The molecule has 1 rings (SSSR count). The lowest BCUT2D eigenvalue weighted by atomic mass is 10.1. The van der Waals surface area contributed by atoms with E-state index in [1.807, 2.05) is 6.07 Å². The number of aromatic nitrogens is 1. The first-order valence-corrected chi connectivity index (χ1v) is 4.98. The Morgan fingerprint density at radius 3 is 2.60 bits per heavy atom. The number of carbonyl (C=O) groups is 1. The number of nitrogens with zero attached hydrogens (tertiary/aromatic N) is 1. The Kier molecular flexibility index (Phi) is 3.42. The zero-order valence-corrected chi connectivity index (χ0v) is 9.37. The van der Waals surface area contributed by atoms with Crippen molar-refractivity contribution in [3.8, 4) is 0 Å². The first kappa shape index (κ1) is 11.7. The molecule has 0 aliphatic heterocycles. The quantitative estimate of drug-likeness (QED) is 0.785. The molecule has 0 atom stereocenters. The van der Waals surface area contributed by atoms with Gasteiger partial charge in [-0.1, -0.05) is 13.0 Å². The smallest absolute Gasteiger partial charge is 0.245 e. The van der Waals surface area contributed by atoms with Crippen molar-refractivity contribution in [2.75, 3.05) is 5.32 Å². The van der Waals surface area contributed by atoms with Crippen LogP contribution < -0.4 is 11.1 Å². The molecular weight excluding hydrogens is 190 g/mol. The van der Waals surface area contributed by atoms with E-state index >= 15 is 0 Å². The van der Waals surface area contributed by atoms with Crippen molar-refractivity contribution in [3.05, 3.63) is 23.9 Å². The zero-order valence-electron chi connectivity index (χ0n) is 9.37. The number of carbonyl (C=O) groups excluding carboxylic acids is 1. The molecule has 4 nitrogen and oxygen atoms in total. The van der Waals surface area contributed by atoms with Gasteiger partial charge in [0.25, 0.3) is 0 Å². The topological polar surface area (TPSA) is 68.0 Å². The van der Waals surface area contributed by atoms with E-state index in [2.05, 4.69) is 17.2 Å². The summed E-state index contributed by atoms with van der Waals surface area (Å²) >= 11 is 0. The third kappa shape index (κ3) is 3.32. The van der Waals surface area contributed by atoms with Gasteiger partial charge in [-0.3, -0.25) is 4.79 Å². The standard InChI is InChI=1S/C11H17N3O/c1-4-8-5-6-9(13-7-8)14-10(15)11(2,3)12/h5-7H,4,12H2,1-3H3,(H,13,14,15). The molecule has 1 amide bonds. The first-order chi connectivity index (χ1) is 6.93. The van der Waals surface area contributed by atoms with Gasteiger partial charge in [-0.05, 0) is 31.9 Å². The van der Waals surface area contributed by atoms with Crippen LogP contribution in [0.25, 0.3) is 0 Å². The molecule has 0 bridgehead atoms. The summed E-state index contributed by atoms with van der Waals surface area (Å²) in [4.78, 5) is 15.6. The number of hydrogen-bond donors (Lipinski definition) is 2. The molecule has 1 heterocycles. The molecule has 0 aromatic carbocycles. The van der Waals surface area contributed by atoms with Crippen LogP contribution in [0.1, 0.15) is 26.3 Å². The highest BCUT2D eigenvalue weighted by Gasteiger charge is 2.21. The largest absolute Gasteiger partial charge is 0.318 e. The van der Waals surface area contributed by atoms with Crippen molar-refractivity contribution in [1.29, 1.82) is 0 Å². The molecule has 0 saturated carbocycles. The van der Waals surface area contributed by atoms with E-state index in [-0.39, 0.29) is 5.91 Å². The Labute approximate surface area is 89.9 Å². The van der Waals surface area contributed by atoms with Crippen LogP contribution in [-0.2, 0) is 11.2 Å². The number of hydrogen-bond acceptors (Lipinski definition) is 3. The van der Waals surface area contributed by atoms with Crippen LogP contribution in [0.2, 0.25) is 0 Å². The van der Waals surface area contributed by atoms with E-state index in [9.17, 15) is 4.79 Å². The summed E-state index contributed by atoms with van der Waals surface area (Å²) in [6.45, 7) is 5.36. The lowest BCUT2D eigenvalue weighted by Crippen LogP contribution is -2.45. The summed E-state index contributed by atoms with van der Waals surface area (Å²) in [6, 6.07) is 3.72. The Hall–Kier alpha value is -1.42. The number of aryl methyl sites for hydroxylation is 1. The fourth-order valence-corrected chi connectivity index (χ4v) is 0.985. The molecule has 0 fully saturated rings. The number of nitrogens with two attached hydrogens (primary N) is 1. The van der Waals surface area contributed by atoms with Crippen LogP contribution in [0.3, 0.4) is 0 Å². The second-order valence-corrected chi connectivity index (χ2v) is 4.08. The number of anilines is 1. The Morgan fingerprint density at radius 1 is 1.53 bits per heavy atom. The third-order valence-corrected chi connectivity index (χ3v) is 2.06. The molecule has 82 valence electrons. The lowest BCUT2D eigenvalue weighted by Gasteiger charge is -2.17. The third-order valence-electron chi connectivity index (χ3n) is 2.06. The van der Waals surface area contributed by atoms with Crippen LogP contribution in [0.15, 0.2) is 18.3 Å². The Morgan fingerprint density at radius 2 is 2.20 bits per heavy atom. The van der Waals surface area contributed by atoms with Gasteiger partial charge in [-0.2, -0.15) is 0 Å². The van der Waals surface area contributed by atoms with Crippen molar-refractivity contribution >= 4 is 11.7 Å². The van der Waals surface area contributed by atoms with Gasteiger partial charge in [0.1, 0.15) is 5.82 Å². The molecule has 0 aliphatic carbocycles. The summed E-state index contributed by atoms with van der Waals surface area (Å²) in [6.07, 6.45) is 2.68. The molecule has 0 spiro atoms. The van der Waals surface area contributed by atoms with Crippen molar-refractivity contribution in [1.82, 2.24) is 4.98 Å². The average molecular weight is 207 g/mol. The van der Waals surface area contributed by atoms with Crippen LogP contribution in [0.4, 0.5) is 5.82 Å². The van der Waals surface area contributed by atoms with Gasteiger partial charge in [0.2, 0.25) is 5.91 Å². The molecule has 3 N–H and O–H groups in total. The van der Waals surface area contributed by atoms with Crippen LogP contribution in [0, 0.1) is 0 Å². The summed E-state index contributed by atoms with van der Waals surface area (Å²) in [5.41, 5.74) is 5.90. The first-order valence-electron chi connectivity index (χ1n) is 4.98. The SMILES string of the molecule is CCc1ccc(NC(=O)C(C)(C)N)nc1. The minimum atomic E-state index is -0.884. The molecular formula is C11H17N3O. The highest BCUT2D eigenvalue weighted by atomic mass is 16.2. The zero-order chi connectivity index (χ0) is 11.5. The van der Waals surface area contributed by atoms with Gasteiger partial charge in [0.05, 0.1) is 5.54 Å². The predicted octanol–water partition coefficient (Wildman–Crippen LogP) is 1.32. The van der Waals surface area contributed by atoms with Crippen LogP contribution in [-0.4, -0.2) is 16.4 Å². The monoisotopic (exact) mass is 207 g/mol. The molecule has 0 aliphatic rings. The maximum Gasteiger partial charge on any atom is 0.245 e. The molecule has 0 saturated heterocycles. The fraction of sp³-hybridized carbons (Fsp3) is 0.455. The normalized spacial score (nSPS) is 11.2. The molecule has 15 heavy (non-hydrogen) atoms. The van der Waals surface area contributed by atoms with E-state index < -0.39 is 5.54 Å². The van der Waals surface area contributed by atoms with Crippen LogP contribution in [0.5, 0.6) is 0 Å². The molecule has 4 heteroatoms. The average Bonchev–Trinajstić information content (AvgIpc) is 2.17. The van der Waals surface area contributed by atoms with Crippen LogP contribution >= 0.6 is 0 Å². The van der Waals surface area contributed by atoms with Gasteiger partial charge in [0.15, 0.2) is 0 Å². The second kappa shape index (κ2) is 4.40.